The molecule has 0 aromatic heterocycles. The van der Waals surface area contributed by atoms with E-state index in [9.17, 15) is 4.57 Å². The van der Waals surface area contributed by atoms with E-state index in [1.54, 1.807) is 0 Å². The third-order valence-electron chi connectivity index (χ3n) is 1.08. The van der Waals surface area contributed by atoms with Gasteiger partial charge in [0.2, 0.25) is 0 Å². The van der Waals surface area contributed by atoms with Crippen LogP contribution in [0.1, 0.15) is 6.92 Å². The predicted octanol–water partition coefficient (Wildman–Crippen LogP) is 1.87. The van der Waals surface area contributed by atoms with E-state index in [0.29, 0.717) is 0 Å². The van der Waals surface area contributed by atoms with Crippen LogP contribution in [0.4, 0.5) is 0 Å². The maximum absolute atomic E-state index is 9.69. The van der Waals surface area contributed by atoms with Gasteiger partial charge >= 0.3 is 7.60 Å². The Kier molecular flexibility index (Phi) is 5.64. The third kappa shape index (κ3) is 9.37. The Balaban J connectivity index is 0.000000202. The van der Waals surface area contributed by atoms with Gasteiger partial charge in [-0.3, -0.25) is 4.57 Å². The largest absolute Gasteiger partial charge is 0.325 e. The normalized spacial score (nSPS) is 9.92. The molecule has 0 saturated carbocycles. The van der Waals surface area contributed by atoms with Crippen LogP contribution in [0.3, 0.4) is 0 Å². The van der Waals surface area contributed by atoms with Crippen molar-refractivity contribution in [3.8, 4) is 0 Å². The number of benzene rings is 1. The van der Waals surface area contributed by atoms with Gasteiger partial charge < -0.3 is 9.79 Å². The van der Waals surface area contributed by atoms with E-state index in [2.05, 4.69) is 0 Å². The summed E-state index contributed by atoms with van der Waals surface area (Å²) < 4.78 is 9.69. The summed E-state index contributed by atoms with van der Waals surface area (Å²) in [5, 5.41) is 0. The van der Waals surface area contributed by atoms with Crippen molar-refractivity contribution in [3.05, 3.63) is 36.4 Å². The monoisotopic (exact) mass is 188 g/mol. The molecule has 4 heteroatoms. The fraction of sp³-hybridized carbons (Fsp3) is 0.250. The van der Waals surface area contributed by atoms with E-state index in [-0.39, 0.29) is 6.16 Å². The van der Waals surface area contributed by atoms with E-state index in [1.165, 1.54) is 6.92 Å². The molecule has 0 spiro atoms. The number of hydrogen-bond acceptors (Lipinski definition) is 1. The van der Waals surface area contributed by atoms with E-state index in [1.807, 2.05) is 36.4 Å². The van der Waals surface area contributed by atoms with Gasteiger partial charge in [-0.2, -0.15) is 0 Å². The SMILES string of the molecule is CCP(=O)(O)O.c1ccccc1. The van der Waals surface area contributed by atoms with E-state index in [0.717, 1.165) is 0 Å². The summed E-state index contributed by atoms with van der Waals surface area (Å²) in [5.41, 5.74) is 0. The maximum Gasteiger partial charge on any atom is 0.325 e. The van der Waals surface area contributed by atoms with Crippen molar-refractivity contribution in [1.82, 2.24) is 0 Å². The lowest BCUT2D eigenvalue weighted by molar-refractivity contribution is 0.375. The fourth-order valence-corrected chi connectivity index (χ4v) is 0.385. The minimum Gasteiger partial charge on any atom is -0.324 e. The zero-order valence-corrected chi connectivity index (χ0v) is 7.82. The molecule has 1 rings (SSSR count). The molecule has 12 heavy (non-hydrogen) atoms. The smallest absolute Gasteiger partial charge is 0.324 e. The summed E-state index contributed by atoms with van der Waals surface area (Å²) in [6.07, 6.45) is -0.0625. The Bertz CT molecular complexity index is 203. The lowest BCUT2D eigenvalue weighted by atomic mass is 10.4. The molecule has 0 fully saturated rings. The summed E-state index contributed by atoms with van der Waals surface area (Å²) in [6.45, 7) is 1.45. The van der Waals surface area contributed by atoms with Crippen molar-refractivity contribution in [3.63, 3.8) is 0 Å². The van der Waals surface area contributed by atoms with Crippen LogP contribution in [-0.4, -0.2) is 15.9 Å². The molecule has 0 bridgehead atoms. The first-order valence-electron chi connectivity index (χ1n) is 3.61. The molecule has 3 nitrogen and oxygen atoms in total. The molecule has 0 amide bonds. The van der Waals surface area contributed by atoms with Crippen LogP contribution in [0.15, 0.2) is 36.4 Å². The van der Waals surface area contributed by atoms with E-state index < -0.39 is 7.60 Å². The average molecular weight is 188 g/mol. The first kappa shape index (κ1) is 11.4. The molecule has 0 aliphatic rings. The molecule has 0 aliphatic carbocycles. The van der Waals surface area contributed by atoms with Crippen molar-refractivity contribution < 1.29 is 14.4 Å². The zero-order chi connectivity index (χ0) is 9.45. The Morgan fingerprint density at radius 1 is 1.00 bits per heavy atom. The molecule has 0 heterocycles. The van der Waals surface area contributed by atoms with Crippen LogP contribution in [0.5, 0.6) is 0 Å². The van der Waals surface area contributed by atoms with Gasteiger partial charge in [0, 0.05) is 6.16 Å². The Morgan fingerprint density at radius 3 is 1.25 bits per heavy atom. The fourth-order valence-electron chi connectivity index (χ4n) is 0.385. The third-order valence-corrected chi connectivity index (χ3v) is 1.90. The van der Waals surface area contributed by atoms with E-state index in [4.69, 9.17) is 9.79 Å². The van der Waals surface area contributed by atoms with E-state index >= 15 is 0 Å². The van der Waals surface area contributed by atoms with Gasteiger partial charge in [0.1, 0.15) is 0 Å². The van der Waals surface area contributed by atoms with Crippen molar-refractivity contribution in [2.24, 2.45) is 0 Å². The second-order valence-electron chi connectivity index (χ2n) is 2.14. The molecule has 0 saturated heterocycles. The lowest BCUT2D eigenvalue weighted by Crippen LogP contribution is -1.76. The van der Waals surface area contributed by atoms with Crippen LogP contribution < -0.4 is 0 Å². The van der Waals surface area contributed by atoms with Crippen LogP contribution in [0.2, 0.25) is 0 Å². The van der Waals surface area contributed by atoms with Crippen molar-refractivity contribution >= 4 is 7.60 Å². The minimum absolute atomic E-state index is 0.0625. The van der Waals surface area contributed by atoms with Crippen molar-refractivity contribution in [2.75, 3.05) is 6.16 Å². The standard InChI is InChI=1S/C6H6.C2H7O3P/c1-2-4-6-5-3-1;1-2-6(3,4)5/h1-6H;2H2,1H3,(H2,3,4,5). The van der Waals surface area contributed by atoms with Gasteiger partial charge in [-0.15, -0.1) is 0 Å². The van der Waals surface area contributed by atoms with Gasteiger partial charge in [-0.25, -0.2) is 0 Å². The van der Waals surface area contributed by atoms with Crippen molar-refractivity contribution in [1.29, 1.82) is 0 Å². The average Bonchev–Trinajstić information content (AvgIpc) is 2.07. The quantitative estimate of drug-likeness (QED) is 0.661. The minimum atomic E-state index is -3.65. The molecule has 1 aromatic rings. The molecular formula is C8H13O3P. The molecule has 0 atom stereocenters. The Labute approximate surface area is 72.2 Å². The molecule has 68 valence electrons. The summed E-state index contributed by atoms with van der Waals surface area (Å²) in [7, 11) is -3.65. The molecule has 0 radical (unpaired) electrons. The number of rotatable bonds is 1. The predicted molar refractivity (Wildman–Crippen MR) is 49.0 cm³/mol. The lowest BCUT2D eigenvalue weighted by Gasteiger charge is -1.92. The van der Waals surface area contributed by atoms with Crippen LogP contribution >= 0.6 is 7.60 Å². The highest BCUT2D eigenvalue weighted by Crippen LogP contribution is 2.32. The number of hydrogen-bond donors (Lipinski definition) is 2. The first-order valence-corrected chi connectivity index (χ1v) is 5.40. The van der Waals surface area contributed by atoms with Gasteiger partial charge in [-0.05, 0) is 0 Å². The second kappa shape index (κ2) is 5.95. The summed E-state index contributed by atoms with van der Waals surface area (Å²) in [6, 6.07) is 12.0. The highest BCUT2D eigenvalue weighted by molar-refractivity contribution is 7.51. The highest BCUT2D eigenvalue weighted by atomic mass is 31.2. The van der Waals surface area contributed by atoms with Crippen molar-refractivity contribution in [2.45, 2.75) is 6.92 Å². The second-order valence-corrected chi connectivity index (χ2v) is 4.10. The molecule has 2 N–H and O–H groups in total. The maximum atomic E-state index is 9.69. The van der Waals surface area contributed by atoms with Gasteiger partial charge in [0.05, 0.1) is 0 Å². The molecule has 1 aromatic carbocycles. The summed E-state index contributed by atoms with van der Waals surface area (Å²) >= 11 is 0. The van der Waals surface area contributed by atoms with Gasteiger partial charge in [0.15, 0.2) is 0 Å². The topological polar surface area (TPSA) is 57.5 Å². The Hall–Kier alpha value is -0.630. The highest BCUT2D eigenvalue weighted by Gasteiger charge is 2.05. The van der Waals surface area contributed by atoms with Gasteiger partial charge in [-0.1, -0.05) is 43.3 Å². The van der Waals surface area contributed by atoms with Crippen LogP contribution in [0.25, 0.3) is 0 Å². The molecule has 0 unspecified atom stereocenters. The summed E-state index contributed by atoms with van der Waals surface area (Å²) in [5.74, 6) is 0. The molecule has 0 aliphatic heterocycles. The zero-order valence-electron chi connectivity index (χ0n) is 6.92. The van der Waals surface area contributed by atoms with Crippen LogP contribution in [-0.2, 0) is 4.57 Å². The molecular weight excluding hydrogens is 175 g/mol. The Morgan fingerprint density at radius 2 is 1.17 bits per heavy atom. The van der Waals surface area contributed by atoms with Crippen LogP contribution in [0, 0.1) is 0 Å². The van der Waals surface area contributed by atoms with Gasteiger partial charge in [0.25, 0.3) is 0 Å². The first-order chi connectivity index (χ1) is 5.56. The summed E-state index contributed by atoms with van der Waals surface area (Å²) in [4.78, 5) is 15.9.